The van der Waals surface area contributed by atoms with E-state index in [1.54, 1.807) is 18.3 Å². The largest absolute Gasteiger partial charge is 0.318 e. The second kappa shape index (κ2) is 7.86. The van der Waals surface area contributed by atoms with Crippen molar-refractivity contribution in [2.24, 2.45) is 5.10 Å². The summed E-state index contributed by atoms with van der Waals surface area (Å²) in [6.45, 7) is 6.20. The summed E-state index contributed by atoms with van der Waals surface area (Å²) in [5.41, 5.74) is 8.71. The number of nitrogens with one attached hydrogen (secondary N) is 1. The molecule has 0 fully saturated rings. The molecule has 1 heterocycles. The average molecular weight is 457 g/mol. The summed E-state index contributed by atoms with van der Waals surface area (Å²) in [6, 6.07) is 17.8. The summed E-state index contributed by atoms with van der Waals surface area (Å²) in [7, 11) is 0. The van der Waals surface area contributed by atoms with E-state index in [-0.39, 0.29) is 5.91 Å². The number of hydrogen-bond donors (Lipinski definition) is 1. The van der Waals surface area contributed by atoms with Crippen LogP contribution >= 0.6 is 22.6 Å². The smallest absolute Gasteiger partial charge is 0.271 e. The molecule has 4 nitrogen and oxygen atoms in total. The molecule has 0 bridgehead atoms. The lowest BCUT2D eigenvalue weighted by Gasteiger charge is -2.10. The van der Waals surface area contributed by atoms with Crippen molar-refractivity contribution in [3.05, 3.63) is 86.2 Å². The summed E-state index contributed by atoms with van der Waals surface area (Å²) in [5, 5.41) is 4.13. The zero-order valence-corrected chi connectivity index (χ0v) is 17.1. The van der Waals surface area contributed by atoms with Gasteiger partial charge < -0.3 is 4.57 Å². The Morgan fingerprint density at radius 3 is 2.50 bits per heavy atom. The fourth-order valence-corrected chi connectivity index (χ4v) is 3.27. The van der Waals surface area contributed by atoms with Gasteiger partial charge in [-0.3, -0.25) is 4.79 Å². The van der Waals surface area contributed by atoms with Crippen molar-refractivity contribution >= 4 is 34.7 Å². The van der Waals surface area contributed by atoms with Crippen LogP contribution in [0.3, 0.4) is 0 Å². The lowest BCUT2D eigenvalue weighted by molar-refractivity contribution is 0.0955. The number of halogens is 1. The van der Waals surface area contributed by atoms with Gasteiger partial charge in [0.2, 0.25) is 0 Å². The third kappa shape index (κ3) is 4.04. The molecule has 0 saturated heterocycles. The van der Waals surface area contributed by atoms with Crippen LogP contribution in [0.5, 0.6) is 0 Å². The van der Waals surface area contributed by atoms with E-state index < -0.39 is 0 Å². The highest BCUT2D eigenvalue weighted by molar-refractivity contribution is 14.1. The van der Waals surface area contributed by atoms with Crippen LogP contribution in [-0.2, 0) is 0 Å². The van der Waals surface area contributed by atoms with Crippen molar-refractivity contribution in [3.8, 4) is 5.69 Å². The topological polar surface area (TPSA) is 46.4 Å². The number of aryl methyl sites for hydroxylation is 2. The van der Waals surface area contributed by atoms with E-state index in [0.29, 0.717) is 5.56 Å². The van der Waals surface area contributed by atoms with Crippen LogP contribution < -0.4 is 5.43 Å². The third-order valence-corrected chi connectivity index (χ3v) is 4.93. The molecular formula is C21H20IN3O. The van der Waals surface area contributed by atoms with Crippen LogP contribution in [0.2, 0.25) is 0 Å². The fraction of sp³-hybridized carbons (Fsp3) is 0.143. The Labute approximate surface area is 167 Å². The van der Waals surface area contributed by atoms with Gasteiger partial charge in [0.05, 0.1) is 6.21 Å². The predicted octanol–water partition coefficient (Wildman–Crippen LogP) is 4.77. The summed E-state index contributed by atoms with van der Waals surface area (Å²) < 4.78 is 3.28. The number of nitrogens with zero attached hydrogens (tertiary/aromatic N) is 2. The van der Waals surface area contributed by atoms with Gasteiger partial charge >= 0.3 is 0 Å². The molecule has 5 heteroatoms. The number of carbonyl (C=O) groups is 1. The number of benzene rings is 2. The highest BCUT2D eigenvalue weighted by atomic mass is 127. The van der Waals surface area contributed by atoms with Crippen molar-refractivity contribution in [1.82, 2.24) is 9.99 Å². The molecule has 1 N–H and O–H groups in total. The fourth-order valence-electron chi connectivity index (χ4n) is 2.91. The van der Waals surface area contributed by atoms with Crippen molar-refractivity contribution in [1.29, 1.82) is 0 Å². The van der Waals surface area contributed by atoms with Gasteiger partial charge in [-0.2, -0.15) is 5.10 Å². The molecule has 0 aliphatic heterocycles. The Hall–Kier alpha value is -2.41. The quantitative estimate of drug-likeness (QED) is 0.343. The molecule has 1 aromatic heterocycles. The minimum Gasteiger partial charge on any atom is -0.318 e. The van der Waals surface area contributed by atoms with E-state index in [4.69, 9.17) is 0 Å². The van der Waals surface area contributed by atoms with Crippen molar-refractivity contribution in [2.45, 2.75) is 20.8 Å². The second-order valence-corrected chi connectivity index (χ2v) is 7.45. The lowest BCUT2D eigenvalue weighted by atomic mass is 10.2. The van der Waals surface area contributed by atoms with Crippen LogP contribution in [0.15, 0.2) is 59.7 Å². The highest BCUT2D eigenvalue weighted by Gasteiger charge is 2.10. The van der Waals surface area contributed by atoms with Gasteiger partial charge in [-0.1, -0.05) is 12.1 Å². The Kier molecular flexibility index (Phi) is 5.56. The Bertz CT molecular complexity index is 971. The third-order valence-electron chi connectivity index (χ3n) is 4.21. The summed E-state index contributed by atoms with van der Waals surface area (Å²) in [6.07, 6.45) is 1.69. The molecule has 2 aromatic carbocycles. The molecule has 0 spiro atoms. The maximum atomic E-state index is 12.1. The molecule has 0 aliphatic carbocycles. The number of hydrazone groups is 1. The van der Waals surface area contributed by atoms with Crippen molar-refractivity contribution in [2.75, 3.05) is 0 Å². The first-order valence-corrected chi connectivity index (χ1v) is 9.38. The summed E-state index contributed by atoms with van der Waals surface area (Å²) in [5.74, 6) is -0.217. The van der Waals surface area contributed by atoms with Gasteiger partial charge in [-0.25, -0.2) is 5.43 Å². The Morgan fingerprint density at radius 1 is 1.08 bits per heavy atom. The van der Waals surface area contributed by atoms with Crippen LogP contribution in [0, 0.1) is 24.3 Å². The van der Waals surface area contributed by atoms with Gasteiger partial charge in [-0.15, -0.1) is 0 Å². The number of rotatable bonds is 4. The normalized spacial score (nSPS) is 11.1. The molecule has 0 unspecified atom stereocenters. The SMILES string of the molecule is Cc1cccc(-n2c(C)cc(/C=N\NC(=O)c3ccc(I)cc3)c2C)c1. The molecule has 0 radical (unpaired) electrons. The maximum absolute atomic E-state index is 12.1. The monoisotopic (exact) mass is 457 g/mol. The van der Waals surface area contributed by atoms with Crippen molar-refractivity contribution in [3.63, 3.8) is 0 Å². The Balaban J connectivity index is 1.78. The van der Waals surface area contributed by atoms with Crippen LogP contribution in [0.25, 0.3) is 5.69 Å². The average Bonchev–Trinajstić information content (AvgIpc) is 2.89. The summed E-state index contributed by atoms with van der Waals surface area (Å²) >= 11 is 2.21. The van der Waals surface area contributed by atoms with Crippen LogP contribution in [-0.4, -0.2) is 16.7 Å². The highest BCUT2D eigenvalue weighted by Crippen LogP contribution is 2.20. The molecule has 0 saturated carbocycles. The molecule has 26 heavy (non-hydrogen) atoms. The van der Waals surface area contributed by atoms with Gasteiger partial charge in [-0.05, 0) is 91.4 Å². The molecule has 3 aromatic rings. The molecule has 0 aliphatic rings. The second-order valence-electron chi connectivity index (χ2n) is 6.21. The van der Waals surface area contributed by atoms with E-state index in [1.807, 2.05) is 12.1 Å². The van der Waals surface area contributed by atoms with Gasteiger partial charge in [0.1, 0.15) is 0 Å². The minimum atomic E-state index is -0.217. The molecule has 1 amide bonds. The zero-order valence-electron chi connectivity index (χ0n) is 15.0. The number of amides is 1. The number of hydrogen-bond acceptors (Lipinski definition) is 2. The zero-order chi connectivity index (χ0) is 18.7. The van der Waals surface area contributed by atoms with E-state index >= 15 is 0 Å². The molecule has 3 rings (SSSR count). The Morgan fingerprint density at radius 2 is 1.81 bits per heavy atom. The number of carbonyl (C=O) groups excluding carboxylic acids is 1. The molecule has 132 valence electrons. The van der Waals surface area contributed by atoms with E-state index in [9.17, 15) is 4.79 Å². The van der Waals surface area contributed by atoms with Crippen LogP contribution in [0.4, 0.5) is 0 Å². The standard InChI is InChI=1S/C21H20IN3O/c1-14-5-4-6-20(11-14)25-15(2)12-18(16(25)3)13-23-24-21(26)17-7-9-19(22)10-8-17/h4-13H,1-3H3,(H,24,26)/b23-13-. The molecule has 0 atom stereocenters. The first-order chi connectivity index (χ1) is 12.5. The van der Waals surface area contributed by atoms with Gasteiger partial charge in [0.15, 0.2) is 0 Å². The maximum Gasteiger partial charge on any atom is 0.271 e. The minimum absolute atomic E-state index is 0.217. The predicted molar refractivity (Wildman–Crippen MR) is 114 cm³/mol. The first-order valence-electron chi connectivity index (χ1n) is 8.30. The lowest BCUT2D eigenvalue weighted by Crippen LogP contribution is -2.17. The first kappa shape index (κ1) is 18.4. The van der Waals surface area contributed by atoms with E-state index in [0.717, 1.165) is 26.2 Å². The van der Waals surface area contributed by atoms with E-state index in [1.165, 1.54) is 5.56 Å². The molecular weight excluding hydrogens is 437 g/mol. The van der Waals surface area contributed by atoms with E-state index in [2.05, 4.69) is 88.8 Å². The van der Waals surface area contributed by atoms with Crippen LogP contribution in [0.1, 0.15) is 32.9 Å². The van der Waals surface area contributed by atoms with Gasteiger partial charge in [0, 0.05) is 31.8 Å². The summed E-state index contributed by atoms with van der Waals surface area (Å²) in [4.78, 5) is 12.1. The van der Waals surface area contributed by atoms with Crippen molar-refractivity contribution < 1.29 is 4.79 Å². The number of aromatic nitrogens is 1. The van der Waals surface area contributed by atoms with Gasteiger partial charge in [0.25, 0.3) is 5.91 Å².